The van der Waals surface area contributed by atoms with Crippen molar-refractivity contribution in [3.63, 3.8) is 0 Å². The van der Waals surface area contributed by atoms with Crippen LogP contribution in [0, 0.1) is 0 Å². The van der Waals surface area contributed by atoms with Crippen molar-refractivity contribution in [3.05, 3.63) is 53.1 Å². The van der Waals surface area contributed by atoms with Crippen molar-refractivity contribution < 1.29 is 32.2 Å². The Balaban J connectivity index is 2.04. The van der Waals surface area contributed by atoms with E-state index in [4.69, 9.17) is 21.1 Å². The zero-order valence-electron chi connectivity index (χ0n) is 17.6. The molecule has 0 aliphatic heterocycles. The monoisotopic (exact) mass is 483 g/mol. The average Bonchev–Trinajstić information content (AvgIpc) is 2.75. The molecule has 0 aromatic heterocycles. The number of methoxy groups -OCH3 is 2. The van der Waals surface area contributed by atoms with Gasteiger partial charge in [0.25, 0.3) is 5.91 Å². The Hall–Kier alpha value is -3.31. The number of esters is 1. The number of ether oxygens (including phenoxy) is 3. The molecule has 0 radical (unpaired) electrons. The number of rotatable bonds is 10. The number of carbonyl (C=O) groups is 2. The third-order valence-corrected chi connectivity index (χ3v) is 5.39. The van der Waals surface area contributed by atoms with Crippen molar-refractivity contribution in [2.45, 2.75) is 0 Å². The summed E-state index contributed by atoms with van der Waals surface area (Å²) in [7, 11) is -1.09. The fraction of sp³-hybridized carbons (Fsp3) is 0.250. The zero-order chi connectivity index (χ0) is 23.7. The van der Waals surface area contributed by atoms with E-state index in [0.717, 1.165) is 10.6 Å². The molecule has 0 aliphatic carbocycles. The van der Waals surface area contributed by atoms with Gasteiger partial charge >= 0.3 is 5.97 Å². The SMILES string of the molecule is COC(=O)COc1cccc(/C=N\NC(=O)CN(c2ccc(OC)c(Cl)c2)S(C)(=O)=O)c1. The molecule has 172 valence electrons. The smallest absolute Gasteiger partial charge is 0.343 e. The summed E-state index contributed by atoms with van der Waals surface area (Å²) in [6.45, 7) is -0.758. The van der Waals surface area contributed by atoms with Gasteiger partial charge in [0.2, 0.25) is 10.0 Å². The second-order valence-electron chi connectivity index (χ2n) is 6.32. The maximum absolute atomic E-state index is 12.3. The highest BCUT2D eigenvalue weighted by Gasteiger charge is 2.21. The van der Waals surface area contributed by atoms with Gasteiger partial charge in [-0.3, -0.25) is 9.10 Å². The van der Waals surface area contributed by atoms with Gasteiger partial charge in [0.15, 0.2) is 6.61 Å². The van der Waals surface area contributed by atoms with Gasteiger partial charge in [-0.2, -0.15) is 5.10 Å². The number of halogens is 1. The molecule has 1 amide bonds. The van der Waals surface area contributed by atoms with E-state index in [1.54, 1.807) is 24.3 Å². The molecule has 0 spiro atoms. The molecular weight excluding hydrogens is 462 g/mol. The molecule has 0 saturated carbocycles. The maximum atomic E-state index is 12.3. The van der Waals surface area contributed by atoms with Gasteiger partial charge in [0.1, 0.15) is 18.0 Å². The van der Waals surface area contributed by atoms with Gasteiger partial charge in [-0.05, 0) is 35.9 Å². The van der Waals surface area contributed by atoms with Crippen molar-refractivity contribution in [1.29, 1.82) is 0 Å². The molecule has 2 aromatic rings. The van der Waals surface area contributed by atoms with Crippen molar-refractivity contribution in [2.75, 3.05) is 37.9 Å². The summed E-state index contributed by atoms with van der Waals surface area (Å²) < 4.78 is 40.1. The summed E-state index contributed by atoms with van der Waals surface area (Å²) >= 11 is 6.07. The van der Waals surface area contributed by atoms with Gasteiger partial charge in [0.05, 0.1) is 37.4 Å². The molecule has 2 rings (SSSR count). The molecule has 2 aromatic carbocycles. The number of nitrogens with one attached hydrogen (secondary N) is 1. The average molecular weight is 484 g/mol. The predicted molar refractivity (Wildman–Crippen MR) is 120 cm³/mol. The van der Waals surface area contributed by atoms with Crippen LogP contribution in [0.2, 0.25) is 5.02 Å². The number of hydrazone groups is 1. The molecule has 0 unspecified atom stereocenters. The first-order chi connectivity index (χ1) is 15.1. The van der Waals surface area contributed by atoms with Crippen LogP contribution in [0.15, 0.2) is 47.6 Å². The number of carbonyl (C=O) groups excluding carboxylic acids is 2. The van der Waals surface area contributed by atoms with Gasteiger partial charge in [0, 0.05) is 0 Å². The third kappa shape index (κ3) is 7.43. The van der Waals surface area contributed by atoms with E-state index in [9.17, 15) is 18.0 Å². The molecular formula is C20H22ClN3O7S. The Bertz CT molecular complexity index is 1110. The molecule has 32 heavy (non-hydrogen) atoms. The van der Waals surface area contributed by atoms with Crippen LogP contribution in [-0.4, -0.2) is 60.1 Å². The van der Waals surface area contributed by atoms with Crippen LogP contribution in [0.5, 0.6) is 11.5 Å². The van der Waals surface area contributed by atoms with E-state index >= 15 is 0 Å². The van der Waals surface area contributed by atoms with Gasteiger partial charge < -0.3 is 14.2 Å². The van der Waals surface area contributed by atoms with Crippen LogP contribution in [0.3, 0.4) is 0 Å². The number of anilines is 1. The largest absolute Gasteiger partial charge is 0.495 e. The summed E-state index contributed by atoms with van der Waals surface area (Å²) in [4.78, 5) is 23.4. The lowest BCUT2D eigenvalue weighted by Crippen LogP contribution is -2.39. The summed E-state index contributed by atoms with van der Waals surface area (Å²) in [6, 6.07) is 11.0. The molecule has 0 bridgehead atoms. The zero-order valence-corrected chi connectivity index (χ0v) is 19.1. The second-order valence-corrected chi connectivity index (χ2v) is 8.63. The number of nitrogens with zero attached hydrogens (tertiary/aromatic N) is 2. The van der Waals surface area contributed by atoms with Crippen molar-refractivity contribution >= 4 is 45.4 Å². The fourth-order valence-corrected chi connectivity index (χ4v) is 3.54. The Morgan fingerprint density at radius 3 is 2.56 bits per heavy atom. The Kier molecular flexibility index (Phi) is 8.85. The number of hydrogen-bond donors (Lipinski definition) is 1. The van der Waals surface area contributed by atoms with Crippen LogP contribution < -0.4 is 19.2 Å². The number of benzene rings is 2. The van der Waals surface area contributed by atoms with Gasteiger partial charge in [-0.15, -0.1) is 0 Å². The maximum Gasteiger partial charge on any atom is 0.343 e. The van der Waals surface area contributed by atoms with Crippen molar-refractivity contribution in [3.8, 4) is 11.5 Å². The second kappa shape index (κ2) is 11.3. The summed E-state index contributed by atoms with van der Waals surface area (Å²) in [5, 5.41) is 4.03. The van der Waals surface area contributed by atoms with Gasteiger partial charge in [-0.1, -0.05) is 23.7 Å². The summed E-state index contributed by atoms with van der Waals surface area (Å²) in [6.07, 6.45) is 2.32. The number of amides is 1. The minimum absolute atomic E-state index is 0.200. The van der Waals surface area contributed by atoms with E-state index in [1.807, 2.05) is 0 Å². The standard InChI is InChI=1S/C20H22ClN3O7S/c1-29-18-8-7-15(10-17(18)21)24(32(3,27)28)12-19(25)23-22-11-14-5-4-6-16(9-14)31-13-20(26)30-2/h4-11H,12-13H2,1-3H3,(H,23,25)/b22-11-. The lowest BCUT2D eigenvalue weighted by atomic mass is 10.2. The van der Waals surface area contributed by atoms with E-state index in [1.165, 1.54) is 38.6 Å². The lowest BCUT2D eigenvalue weighted by Gasteiger charge is -2.22. The lowest BCUT2D eigenvalue weighted by molar-refractivity contribution is -0.142. The first-order valence-corrected chi connectivity index (χ1v) is 11.3. The quantitative estimate of drug-likeness (QED) is 0.310. The minimum Gasteiger partial charge on any atom is -0.495 e. The van der Waals surface area contributed by atoms with Crippen LogP contribution in [0.25, 0.3) is 0 Å². The van der Waals surface area contributed by atoms with Crippen LogP contribution in [-0.2, 0) is 24.3 Å². The third-order valence-electron chi connectivity index (χ3n) is 3.96. The highest BCUT2D eigenvalue weighted by atomic mass is 35.5. The molecule has 10 nitrogen and oxygen atoms in total. The van der Waals surface area contributed by atoms with E-state index in [2.05, 4.69) is 15.3 Å². The fourth-order valence-electron chi connectivity index (χ4n) is 2.44. The van der Waals surface area contributed by atoms with E-state index in [0.29, 0.717) is 17.1 Å². The van der Waals surface area contributed by atoms with Crippen LogP contribution in [0.4, 0.5) is 5.69 Å². The van der Waals surface area contributed by atoms with Crippen molar-refractivity contribution in [1.82, 2.24) is 5.43 Å². The Labute approximate surface area is 190 Å². The molecule has 0 heterocycles. The Morgan fingerprint density at radius 1 is 1.19 bits per heavy atom. The highest BCUT2D eigenvalue weighted by molar-refractivity contribution is 7.92. The molecule has 0 aliphatic rings. The minimum atomic E-state index is -3.78. The summed E-state index contributed by atoms with van der Waals surface area (Å²) in [5.41, 5.74) is 3.05. The normalized spacial score (nSPS) is 11.1. The molecule has 0 atom stereocenters. The first-order valence-electron chi connectivity index (χ1n) is 9.07. The van der Waals surface area contributed by atoms with Crippen LogP contribution >= 0.6 is 11.6 Å². The van der Waals surface area contributed by atoms with E-state index in [-0.39, 0.29) is 17.3 Å². The Morgan fingerprint density at radius 2 is 1.94 bits per heavy atom. The molecule has 0 fully saturated rings. The molecule has 1 N–H and O–H groups in total. The first kappa shape index (κ1) is 25.0. The van der Waals surface area contributed by atoms with E-state index < -0.39 is 28.4 Å². The summed E-state index contributed by atoms with van der Waals surface area (Å²) in [5.74, 6) is -0.414. The topological polar surface area (TPSA) is 124 Å². The van der Waals surface area contributed by atoms with Crippen LogP contribution in [0.1, 0.15) is 5.56 Å². The molecule has 12 heteroatoms. The highest BCUT2D eigenvalue weighted by Crippen LogP contribution is 2.30. The van der Waals surface area contributed by atoms with Crippen molar-refractivity contribution in [2.24, 2.45) is 5.10 Å². The number of sulfonamides is 1. The van der Waals surface area contributed by atoms with Gasteiger partial charge in [-0.25, -0.2) is 18.6 Å². The predicted octanol–water partition coefficient (Wildman–Crippen LogP) is 1.82. The number of hydrogen-bond acceptors (Lipinski definition) is 8. The molecule has 0 saturated heterocycles.